The molecule has 2 saturated carbocycles. The first-order valence-corrected chi connectivity index (χ1v) is 6.60. The molecule has 3 aliphatic rings. The summed E-state index contributed by atoms with van der Waals surface area (Å²) in [6.45, 7) is 1.64. The van der Waals surface area contributed by atoms with Gasteiger partial charge in [-0.05, 0) is 43.9 Å². The zero-order chi connectivity index (χ0) is 11.1. The van der Waals surface area contributed by atoms with Crippen LogP contribution in [0.4, 0.5) is 0 Å². The van der Waals surface area contributed by atoms with Crippen molar-refractivity contribution in [2.75, 3.05) is 20.3 Å². The normalized spacial score (nSPS) is 38.2. The van der Waals surface area contributed by atoms with Gasteiger partial charge in [-0.2, -0.15) is 0 Å². The van der Waals surface area contributed by atoms with Crippen molar-refractivity contribution in [3.8, 4) is 0 Å². The Labute approximate surface area is 97.1 Å². The molecule has 0 aromatic carbocycles. The van der Waals surface area contributed by atoms with E-state index in [1.807, 2.05) is 11.9 Å². The summed E-state index contributed by atoms with van der Waals surface area (Å²) in [5.41, 5.74) is 0. The molecule has 0 bridgehead atoms. The molecular weight excluding hydrogens is 202 g/mol. The molecule has 2 aliphatic carbocycles. The lowest BCUT2D eigenvalue weighted by Crippen LogP contribution is -2.43. The van der Waals surface area contributed by atoms with E-state index < -0.39 is 0 Å². The highest BCUT2D eigenvalue weighted by atomic mass is 16.5. The molecule has 1 aliphatic heterocycles. The lowest BCUT2D eigenvalue weighted by atomic mass is 9.99. The molecule has 2 unspecified atom stereocenters. The van der Waals surface area contributed by atoms with Crippen molar-refractivity contribution >= 4 is 5.91 Å². The zero-order valence-corrected chi connectivity index (χ0v) is 10.0. The molecule has 0 aromatic heterocycles. The van der Waals surface area contributed by atoms with Gasteiger partial charge in [-0.1, -0.05) is 0 Å². The van der Waals surface area contributed by atoms with E-state index in [0.29, 0.717) is 17.9 Å². The van der Waals surface area contributed by atoms with Crippen LogP contribution in [0.3, 0.4) is 0 Å². The van der Waals surface area contributed by atoms with Gasteiger partial charge in [0.25, 0.3) is 0 Å². The van der Waals surface area contributed by atoms with Crippen molar-refractivity contribution in [1.82, 2.24) is 4.90 Å². The molecule has 1 amide bonds. The number of nitrogens with zero attached hydrogens (tertiary/aromatic N) is 1. The third kappa shape index (κ3) is 1.86. The SMILES string of the molecule is CN(C(=O)C1CC2CC2C1)C1CCOCC1. The predicted molar refractivity (Wildman–Crippen MR) is 60.9 cm³/mol. The van der Waals surface area contributed by atoms with E-state index in [0.717, 1.165) is 50.7 Å². The minimum atomic E-state index is 0.344. The van der Waals surface area contributed by atoms with E-state index in [1.165, 1.54) is 6.42 Å². The molecule has 90 valence electrons. The Kier molecular flexibility index (Phi) is 2.66. The summed E-state index contributed by atoms with van der Waals surface area (Å²) in [7, 11) is 1.99. The van der Waals surface area contributed by atoms with Crippen LogP contribution >= 0.6 is 0 Å². The fraction of sp³-hybridized carbons (Fsp3) is 0.923. The Morgan fingerprint density at radius 2 is 1.75 bits per heavy atom. The number of carbonyl (C=O) groups excluding carboxylic acids is 1. The van der Waals surface area contributed by atoms with E-state index in [-0.39, 0.29) is 0 Å². The molecule has 3 nitrogen and oxygen atoms in total. The highest BCUT2D eigenvalue weighted by Gasteiger charge is 2.48. The summed E-state index contributed by atoms with van der Waals surface area (Å²) < 4.78 is 5.34. The van der Waals surface area contributed by atoms with Gasteiger partial charge >= 0.3 is 0 Å². The topological polar surface area (TPSA) is 29.5 Å². The smallest absolute Gasteiger partial charge is 0.225 e. The van der Waals surface area contributed by atoms with Crippen molar-refractivity contribution in [3.63, 3.8) is 0 Å². The summed E-state index contributed by atoms with van der Waals surface area (Å²) in [5.74, 6) is 2.55. The Morgan fingerprint density at radius 3 is 2.38 bits per heavy atom. The third-order valence-corrected chi connectivity index (χ3v) is 4.68. The van der Waals surface area contributed by atoms with Gasteiger partial charge in [-0.3, -0.25) is 4.79 Å². The first-order valence-electron chi connectivity index (χ1n) is 6.60. The van der Waals surface area contributed by atoms with Crippen LogP contribution in [0, 0.1) is 17.8 Å². The summed E-state index contributed by atoms with van der Waals surface area (Å²) in [5, 5.41) is 0. The van der Waals surface area contributed by atoms with Crippen LogP contribution < -0.4 is 0 Å². The second-order valence-electron chi connectivity index (χ2n) is 5.72. The van der Waals surface area contributed by atoms with Crippen LogP contribution in [0.2, 0.25) is 0 Å². The second kappa shape index (κ2) is 4.02. The van der Waals surface area contributed by atoms with Gasteiger partial charge in [0.15, 0.2) is 0 Å². The van der Waals surface area contributed by atoms with Crippen molar-refractivity contribution in [2.24, 2.45) is 17.8 Å². The molecule has 0 N–H and O–H groups in total. The number of fused-ring (bicyclic) bond motifs is 1. The standard InChI is InChI=1S/C13H21NO2/c1-14(12-2-4-16-5-3-12)13(15)11-7-9-6-10(9)8-11/h9-12H,2-8H2,1H3. The Hall–Kier alpha value is -0.570. The largest absolute Gasteiger partial charge is 0.381 e. The molecule has 2 atom stereocenters. The third-order valence-electron chi connectivity index (χ3n) is 4.68. The molecule has 16 heavy (non-hydrogen) atoms. The van der Waals surface area contributed by atoms with E-state index in [2.05, 4.69) is 0 Å². The first kappa shape index (κ1) is 10.6. The Bertz CT molecular complexity index is 276. The number of hydrogen-bond donors (Lipinski definition) is 0. The monoisotopic (exact) mass is 223 g/mol. The molecule has 0 aromatic rings. The Balaban J connectivity index is 1.56. The lowest BCUT2D eigenvalue weighted by molar-refractivity contribution is -0.138. The van der Waals surface area contributed by atoms with Gasteiger partial charge in [0.2, 0.25) is 5.91 Å². The average Bonchev–Trinajstić information content (AvgIpc) is 2.95. The van der Waals surface area contributed by atoms with Crippen LogP contribution in [0.15, 0.2) is 0 Å². The number of amides is 1. The number of ether oxygens (including phenoxy) is 1. The van der Waals surface area contributed by atoms with Crippen molar-refractivity contribution < 1.29 is 9.53 Å². The quantitative estimate of drug-likeness (QED) is 0.712. The average molecular weight is 223 g/mol. The number of carbonyl (C=O) groups is 1. The summed E-state index contributed by atoms with van der Waals surface area (Å²) >= 11 is 0. The molecule has 3 fully saturated rings. The summed E-state index contributed by atoms with van der Waals surface area (Å²) in [6, 6.07) is 0.429. The molecule has 0 spiro atoms. The molecular formula is C13H21NO2. The fourth-order valence-electron chi connectivity index (χ4n) is 3.46. The van der Waals surface area contributed by atoms with E-state index in [1.54, 1.807) is 0 Å². The highest BCUT2D eigenvalue weighted by molar-refractivity contribution is 5.79. The van der Waals surface area contributed by atoms with Crippen LogP contribution in [-0.2, 0) is 9.53 Å². The van der Waals surface area contributed by atoms with Crippen molar-refractivity contribution in [1.29, 1.82) is 0 Å². The maximum Gasteiger partial charge on any atom is 0.225 e. The molecule has 3 heteroatoms. The van der Waals surface area contributed by atoms with Gasteiger partial charge in [-0.25, -0.2) is 0 Å². The van der Waals surface area contributed by atoms with Crippen LogP contribution in [0.1, 0.15) is 32.1 Å². The minimum Gasteiger partial charge on any atom is -0.381 e. The van der Waals surface area contributed by atoms with Crippen molar-refractivity contribution in [2.45, 2.75) is 38.1 Å². The lowest BCUT2D eigenvalue weighted by Gasteiger charge is -2.33. The Morgan fingerprint density at radius 1 is 1.12 bits per heavy atom. The van der Waals surface area contributed by atoms with Crippen LogP contribution in [-0.4, -0.2) is 37.1 Å². The minimum absolute atomic E-state index is 0.344. The van der Waals surface area contributed by atoms with E-state index >= 15 is 0 Å². The van der Waals surface area contributed by atoms with Gasteiger partial charge in [-0.15, -0.1) is 0 Å². The maximum atomic E-state index is 12.3. The predicted octanol–water partition coefficient (Wildman–Crippen LogP) is 1.67. The van der Waals surface area contributed by atoms with E-state index in [9.17, 15) is 4.79 Å². The second-order valence-corrected chi connectivity index (χ2v) is 5.72. The molecule has 1 heterocycles. The maximum absolute atomic E-state index is 12.3. The highest BCUT2D eigenvalue weighted by Crippen LogP contribution is 2.54. The molecule has 0 radical (unpaired) electrons. The van der Waals surface area contributed by atoms with Crippen LogP contribution in [0.25, 0.3) is 0 Å². The van der Waals surface area contributed by atoms with Crippen LogP contribution in [0.5, 0.6) is 0 Å². The van der Waals surface area contributed by atoms with Crippen molar-refractivity contribution in [3.05, 3.63) is 0 Å². The van der Waals surface area contributed by atoms with Gasteiger partial charge < -0.3 is 9.64 Å². The fourth-order valence-corrected chi connectivity index (χ4v) is 3.46. The summed E-state index contributed by atoms with van der Waals surface area (Å²) in [6.07, 6.45) is 5.75. The molecule has 3 rings (SSSR count). The molecule has 1 saturated heterocycles. The van der Waals surface area contributed by atoms with Gasteiger partial charge in [0, 0.05) is 32.2 Å². The van der Waals surface area contributed by atoms with Gasteiger partial charge in [0.05, 0.1) is 0 Å². The zero-order valence-electron chi connectivity index (χ0n) is 10.0. The number of rotatable bonds is 2. The summed E-state index contributed by atoms with van der Waals surface area (Å²) in [4.78, 5) is 14.3. The number of hydrogen-bond acceptors (Lipinski definition) is 2. The van der Waals surface area contributed by atoms with E-state index in [4.69, 9.17) is 4.74 Å². The first-order chi connectivity index (χ1) is 7.75. The van der Waals surface area contributed by atoms with Gasteiger partial charge in [0.1, 0.15) is 0 Å².